The van der Waals surface area contributed by atoms with Crippen LogP contribution in [0.4, 0.5) is 0 Å². The second-order valence-corrected chi connectivity index (χ2v) is 7.40. The molecule has 1 N–H and O–H groups in total. The highest BCUT2D eigenvalue weighted by molar-refractivity contribution is 7.80. The number of rotatable bonds is 3. The molecule has 3 heteroatoms. The normalized spacial score (nSPS) is 36.2. The Morgan fingerprint density at radius 2 is 2.00 bits per heavy atom. The fourth-order valence-electron chi connectivity index (χ4n) is 3.40. The van der Waals surface area contributed by atoms with Crippen molar-refractivity contribution >= 4 is 12.6 Å². The van der Waals surface area contributed by atoms with Gasteiger partial charge >= 0.3 is 0 Å². The van der Waals surface area contributed by atoms with Crippen LogP contribution >= 0.6 is 12.6 Å². The van der Waals surface area contributed by atoms with Crippen molar-refractivity contribution in [3.8, 4) is 0 Å². The lowest BCUT2D eigenvalue weighted by atomic mass is 9.81. The van der Waals surface area contributed by atoms with Crippen LogP contribution in [0.25, 0.3) is 0 Å². The van der Waals surface area contributed by atoms with Crippen molar-refractivity contribution in [2.45, 2.75) is 39.7 Å². The van der Waals surface area contributed by atoms with Crippen molar-refractivity contribution < 1.29 is 5.11 Å². The molecule has 2 fully saturated rings. The molecule has 0 aromatic carbocycles. The molecule has 1 saturated heterocycles. The van der Waals surface area contributed by atoms with Gasteiger partial charge in [-0.1, -0.05) is 20.8 Å². The number of hydrogen-bond donors (Lipinski definition) is 2. The SMILES string of the molecule is CC(C)(C)C(CS)CN1CC2CCC(O)C2C1. The van der Waals surface area contributed by atoms with E-state index < -0.39 is 0 Å². The summed E-state index contributed by atoms with van der Waals surface area (Å²) in [6, 6.07) is 0. The monoisotopic (exact) mass is 257 g/mol. The minimum Gasteiger partial charge on any atom is -0.393 e. The quantitative estimate of drug-likeness (QED) is 0.758. The minimum atomic E-state index is -0.0333. The standard InChI is InChI=1S/C14H27NOS/c1-14(2,3)11(9-17)7-15-6-10-4-5-13(16)12(10)8-15/h10-13,16-17H,4-9H2,1-3H3. The maximum atomic E-state index is 9.93. The summed E-state index contributed by atoms with van der Waals surface area (Å²) < 4.78 is 0. The van der Waals surface area contributed by atoms with E-state index in [1.807, 2.05) is 0 Å². The van der Waals surface area contributed by atoms with E-state index in [1.54, 1.807) is 0 Å². The maximum Gasteiger partial charge on any atom is 0.0583 e. The van der Waals surface area contributed by atoms with Crippen LogP contribution in [0.1, 0.15) is 33.6 Å². The lowest BCUT2D eigenvalue weighted by Crippen LogP contribution is -2.36. The van der Waals surface area contributed by atoms with E-state index in [0.29, 0.717) is 17.3 Å². The third kappa shape index (κ3) is 2.99. The van der Waals surface area contributed by atoms with E-state index in [0.717, 1.165) is 31.2 Å². The van der Waals surface area contributed by atoms with Crippen molar-refractivity contribution in [3.63, 3.8) is 0 Å². The van der Waals surface area contributed by atoms with E-state index in [9.17, 15) is 5.11 Å². The van der Waals surface area contributed by atoms with E-state index in [2.05, 4.69) is 38.3 Å². The van der Waals surface area contributed by atoms with Gasteiger partial charge in [0.1, 0.15) is 0 Å². The van der Waals surface area contributed by atoms with Gasteiger partial charge in [0.25, 0.3) is 0 Å². The molecule has 1 aliphatic carbocycles. The van der Waals surface area contributed by atoms with E-state index >= 15 is 0 Å². The highest BCUT2D eigenvalue weighted by atomic mass is 32.1. The molecule has 0 aromatic heterocycles. The lowest BCUT2D eigenvalue weighted by molar-refractivity contribution is 0.117. The molecule has 1 aliphatic heterocycles. The first-order valence-corrected chi connectivity index (χ1v) is 7.56. The number of thiol groups is 1. The topological polar surface area (TPSA) is 23.5 Å². The molecule has 0 spiro atoms. The molecule has 17 heavy (non-hydrogen) atoms. The molecule has 0 amide bonds. The van der Waals surface area contributed by atoms with Crippen LogP contribution in [0.2, 0.25) is 0 Å². The molecule has 4 atom stereocenters. The van der Waals surface area contributed by atoms with Crippen molar-refractivity contribution in [2.75, 3.05) is 25.4 Å². The summed E-state index contributed by atoms with van der Waals surface area (Å²) in [6.07, 6.45) is 2.22. The Bertz CT molecular complexity index is 263. The second kappa shape index (κ2) is 5.10. The zero-order valence-electron chi connectivity index (χ0n) is 11.4. The predicted molar refractivity (Wildman–Crippen MR) is 75.5 cm³/mol. The molecule has 0 radical (unpaired) electrons. The fourth-order valence-corrected chi connectivity index (χ4v) is 4.06. The molecule has 2 aliphatic rings. The predicted octanol–water partition coefficient (Wildman–Crippen LogP) is 2.28. The average molecular weight is 257 g/mol. The Balaban J connectivity index is 1.89. The van der Waals surface area contributed by atoms with E-state index in [1.165, 1.54) is 13.0 Å². The molecule has 1 saturated carbocycles. The highest BCUT2D eigenvalue weighted by Crippen LogP contribution is 2.39. The van der Waals surface area contributed by atoms with Gasteiger partial charge in [-0.15, -0.1) is 0 Å². The van der Waals surface area contributed by atoms with Gasteiger partial charge in [-0.3, -0.25) is 0 Å². The summed E-state index contributed by atoms with van der Waals surface area (Å²) in [5.41, 5.74) is 0.331. The largest absolute Gasteiger partial charge is 0.393 e. The van der Waals surface area contributed by atoms with Gasteiger partial charge in [-0.2, -0.15) is 12.6 Å². The van der Waals surface area contributed by atoms with Gasteiger partial charge in [0.2, 0.25) is 0 Å². The Kier molecular flexibility index (Phi) is 4.11. The van der Waals surface area contributed by atoms with E-state index in [-0.39, 0.29) is 6.10 Å². The lowest BCUT2D eigenvalue weighted by Gasteiger charge is -2.33. The zero-order valence-corrected chi connectivity index (χ0v) is 12.3. The average Bonchev–Trinajstić information content (AvgIpc) is 2.76. The summed E-state index contributed by atoms with van der Waals surface area (Å²) in [5.74, 6) is 2.90. The van der Waals surface area contributed by atoms with Gasteiger partial charge < -0.3 is 10.0 Å². The second-order valence-electron chi connectivity index (χ2n) is 7.03. The number of likely N-dealkylation sites (tertiary alicyclic amines) is 1. The molecule has 1 heterocycles. The Morgan fingerprint density at radius 3 is 2.53 bits per heavy atom. The summed E-state index contributed by atoms with van der Waals surface area (Å²) in [4.78, 5) is 2.56. The van der Waals surface area contributed by atoms with Crippen molar-refractivity contribution in [3.05, 3.63) is 0 Å². The summed E-state index contributed by atoms with van der Waals surface area (Å²) in [6.45, 7) is 10.4. The molecule has 100 valence electrons. The van der Waals surface area contributed by atoms with Crippen molar-refractivity contribution in [1.82, 2.24) is 4.90 Å². The van der Waals surface area contributed by atoms with Crippen LogP contribution < -0.4 is 0 Å². The van der Waals surface area contributed by atoms with Gasteiger partial charge in [0.05, 0.1) is 6.10 Å². The number of fused-ring (bicyclic) bond motifs is 1. The first-order valence-electron chi connectivity index (χ1n) is 6.93. The molecule has 2 rings (SSSR count). The van der Waals surface area contributed by atoms with Gasteiger partial charge in [-0.25, -0.2) is 0 Å². The third-order valence-electron chi connectivity index (χ3n) is 4.82. The fraction of sp³-hybridized carbons (Fsp3) is 1.00. The molecule has 0 aromatic rings. The van der Waals surface area contributed by atoms with Crippen LogP contribution in [0, 0.1) is 23.2 Å². The molecular formula is C14H27NOS. The minimum absolute atomic E-state index is 0.0333. The summed E-state index contributed by atoms with van der Waals surface area (Å²) >= 11 is 4.51. The molecule has 2 nitrogen and oxygen atoms in total. The molecule has 0 bridgehead atoms. The van der Waals surface area contributed by atoms with Crippen LogP contribution in [-0.2, 0) is 0 Å². The smallest absolute Gasteiger partial charge is 0.0583 e. The number of nitrogens with zero attached hydrogens (tertiary/aromatic N) is 1. The maximum absolute atomic E-state index is 9.93. The number of aliphatic hydroxyl groups excluding tert-OH is 1. The van der Waals surface area contributed by atoms with E-state index in [4.69, 9.17) is 0 Å². The van der Waals surface area contributed by atoms with Crippen LogP contribution in [0.15, 0.2) is 0 Å². The van der Waals surface area contributed by atoms with Crippen LogP contribution in [0.3, 0.4) is 0 Å². The Morgan fingerprint density at radius 1 is 1.29 bits per heavy atom. The van der Waals surface area contributed by atoms with Gasteiger partial charge in [0, 0.05) is 25.6 Å². The van der Waals surface area contributed by atoms with Crippen LogP contribution in [0.5, 0.6) is 0 Å². The Hall–Kier alpha value is 0.270. The number of aliphatic hydroxyl groups is 1. The van der Waals surface area contributed by atoms with Gasteiger partial charge in [0.15, 0.2) is 0 Å². The highest BCUT2D eigenvalue weighted by Gasteiger charge is 2.42. The first-order chi connectivity index (χ1) is 7.91. The zero-order chi connectivity index (χ0) is 12.6. The molecular weight excluding hydrogens is 230 g/mol. The van der Waals surface area contributed by atoms with Gasteiger partial charge in [-0.05, 0) is 35.8 Å². The first kappa shape index (κ1) is 13.7. The van der Waals surface area contributed by atoms with Crippen molar-refractivity contribution in [1.29, 1.82) is 0 Å². The van der Waals surface area contributed by atoms with Crippen LogP contribution in [-0.4, -0.2) is 41.5 Å². The molecule has 4 unspecified atom stereocenters. The third-order valence-corrected chi connectivity index (χ3v) is 5.26. The Labute approximate surface area is 111 Å². The number of hydrogen-bond acceptors (Lipinski definition) is 3. The summed E-state index contributed by atoms with van der Waals surface area (Å²) in [7, 11) is 0. The van der Waals surface area contributed by atoms with Crippen molar-refractivity contribution in [2.24, 2.45) is 23.2 Å². The summed E-state index contributed by atoms with van der Waals surface area (Å²) in [5, 5.41) is 9.93.